The van der Waals surface area contributed by atoms with Gasteiger partial charge < -0.3 is 20.1 Å². The number of benzene rings is 2. The van der Waals surface area contributed by atoms with Crippen LogP contribution >= 0.6 is 0 Å². The number of methoxy groups -OCH3 is 1. The van der Waals surface area contributed by atoms with E-state index in [0.717, 1.165) is 17.7 Å². The Morgan fingerprint density at radius 1 is 1.24 bits per heavy atom. The van der Waals surface area contributed by atoms with Crippen LogP contribution in [0, 0.1) is 5.92 Å². The average Bonchev–Trinajstić information content (AvgIpc) is 3.13. The molecule has 154 valence electrons. The molecular formula is C23H28N2O4. The zero-order valence-electron chi connectivity index (χ0n) is 16.9. The van der Waals surface area contributed by atoms with E-state index in [9.17, 15) is 14.7 Å². The summed E-state index contributed by atoms with van der Waals surface area (Å²) < 4.78 is 5.21. The summed E-state index contributed by atoms with van der Waals surface area (Å²) in [4.78, 5) is 26.6. The predicted octanol–water partition coefficient (Wildman–Crippen LogP) is 2.55. The third-order valence-electron chi connectivity index (χ3n) is 5.30. The van der Waals surface area contributed by atoms with Gasteiger partial charge in [-0.15, -0.1) is 0 Å². The Morgan fingerprint density at radius 3 is 2.72 bits per heavy atom. The van der Waals surface area contributed by atoms with Gasteiger partial charge in [0.15, 0.2) is 0 Å². The summed E-state index contributed by atoms with van der Waals surface area (Å²) in [6, 6.07) is 17.2. The van der Waals surface area contributed by atoms with Crippen LogP contribution in [0.5, 0.6) is 5.75 Å². The van der Waals surface area contributed by atoms with E-state index in [2.05, 4.69) is 5.32 Å². The molecule has 2 aromatic carbocycles. The van der Waals surface area contributed by atoms with Crippen molar-refractivity contribution in [3.05, 3.63) is 60.2 Å². The van der Waals surface area contributed by atoms with Crippen LogP contribution < -0.4 is 15.0 Å². The Balaban J connectivity index is 1.52. The van der Waals surface area contributed by atoms with E-state index in [1.807, 2.05) is 48.5 Å². The summed E-state index contributed by atoms with van der Waals surface area (Å²) in [5, 5.41) is 13.4. The van der Waals surface area contributed by atoms with E-state index in [1.165, 1.54) is 0 Å². The van der Waals surface area contributed by atoms with Gasteiger partial charge in [0.05, 0.1) is 18.6 Å². The summed E-state index contributed by atoms with van der Waals surface area (Å²) in [6.45, 7) is 2.20. The highest BCUT2D eigenvalue weighted by Gasteiger charge is 2.35. The highest BCUT2D eigenvalue weighted by Crippen LogP contribution is 2.28. The van der Waals surface area contributed by atoms with Crippen molar-refractivity contribution in [3.8, 4) is 5.75 Å². The fourth-order valence-corrected chi connectivity index (χ4v) is 3.48. The van der Waals surface area contributed by atoms with Crippen molar-refractivity contribution in [3.63, 3.8) is 0 Å². The Bertz CT molecular complexity index is 851. The van der Waals surface area contributed by atoms with Gasteiger partial charge in [0.2, 0.25) is 11.8 Å². The molecule has 6 nitrogen and oxygen atoms in total. The number of ether oxygens (including phenoxy) is 1. The molecule has 3 rings (SSSR count). The van der Waals surface area contributed by atoms with E-state index in [1.54, 1.807) is 25.0 Å². The Morgan fingerprint density at radius 2 is 2.00 bits per heavy atom. The maximum absolute atomic E-state index is 12.6. The van der Waals surface area contributed by atoms with E-state index in [4.69, 9.17) is 4.74 Å². The molecule has 0 aliphatic carbocycles. The molecule has 2 amide bonds. The number of hydrogen-bond acceptors (Lipinski definition) is 4. The summed E-state index contributed by atoms with van der Waals surface area (Å²) in [6.07, 6.45) is 1.43. The Kier molecular flexibility index (Phi) is 6.54. The number of carbonyl (C=O) groups excluding carboxylic acids is 2. The third kappa shape index (κ3) is 5.57. The predicted molar refractivity (Wildman–Crippen MR) is 112 cm³/mol. The van der Waals surface area contributed by atoms with Crippen LogP contribution in [-0.2, 0) is 16.0 Å². The van der Waals surface area contributed by atoms with Crippen molar-refractivity contribution < 1.29 is 19.4 Å². The fraction of sp³-hybridized carbons (Fsp3) is 0.391. The number of amides is 2. The first-order chi connectivity index (χ1) is 13.9. The van der Waals surface area contributed by atoms with Crippen molar-refractivity contribution in [1.29, 1.82) is 0 Å². The Labute approximate surface area is 171 Å². The third-order valence-corrected chi connectivity index (χ3v) is 5.30. The molecule has 1 heterocycles. The van der Waals surface area contributed by atoms with Crippen LogP contribution in [0.25, 0.3) is 0 Å². The van der Waals surface area contributed by atoms with Gasteiger partial charge in [0.25, 0.3) is 0 Å². The first-order valence-corrected chi connectivity index (χ1v) is 9.86. The number of carbonyl (C=O) groups is 2. The van der Waals surface area contributed by atoms with E-state index in [-0.39, 0.29) is 24.8 Å². The van der Waals surface area contributed by atoms with Crippen molar-refractivity contribution >= 4 is 17.5 Å². The molecule has 1 saturated heterocycles. The average molecular weight is 396 g/mol. The van der Waals surface area contributed by atoms with E-state index >= 15 is 0 Å². The molecule has 2 N–H and O–H groups in total. The van der Waals surface area contributed by atoms with E-state index < -0.39 is 11.5 Å². The number of aliphatic hydroxyl groups is 1. The molecule has 1 fully saturated rings. The minimum atomic E-state index is -1.01. The Hall–Kier alpha value is -2.86. The molecule has 1 aliphatic rings. The van der Waals surface area contributed by atoms with Crippen LogP contribution in [-0.4, -0.2) is 42.7 Å². The minimum Gasteiger partial charge on any atom is -0.497 e. The number of nitrogens with zero attached hydrogens (tertiary/aromatic N) is 1. The zero-order valence-corrected chi connectivity index (χ0v) is 16.9. The normalized spacial score (nSPS) is 18.4. The second-order valence-electron chi connectivity index (χ2n) is 7.81. The van der Waals surface area contributed by atoms with Crippen molar-refractivity contribution in [2.45, 2.75) is 31.8 Å². The molecule has 2 atom stereocenters. The van der Waals surface area contributed by atoms with Gasteiger partial charge in [0, 0.05) is 31.3 Å². The SMILES string of the molecule is COc1cccc(N2C[C@@H](C(=O)NC[C@@](C)(O)CCc3ccccc3)CC2=O)c1. The fourth-order valence-electron chi connectivity index (χ4n) is 3.48. The molecule has 6 heteroatoms. The standard InChI is InChI=1S/C23H28N2O4/c1-23(28,12-11-17-7-4-3-5-8-17)16-24-22(27)18-13-21(26)25(15-18)19-9-6-10-20(14-19)29-2/h3-10,14,18,28H,11-13,15-16H2,1-2H3,(H,24,27)/t18-,23-/m0/s1. The summed E-state index contributed by atoms with van der Waals surface area (Å²) in [7, 11) is 1.57. The van der Waals surface area contributed by atoms with Gasteiger partial charge in [0.1, 0.15) is 5.75 Å². The van der Waals surface area contributed by atoms with Gasteiger partial charge in [-0.2, -0.15) is 0 Å². The molecule has 0 aromatic heterocycles. The molecule has 0 unspecified atom stereocenters. The zero-order chi connectivity index (χ0) is 20.9. The number of nitrogens with one attached hydrogen (secondary N) is 1. The summed E-state index contributed by atoms with van der Waals surface area (Å²) >= 11 is 0. The lowest BCUT2D eigenvalue weighted by Crippen LogP contribution is -2.43. The van der Waals surface area contributed by atoms with Gasteiger partial charge in [-0.1, -0.05) is 36.4 Å². The first kappa shape index (κ1) is 20.9. The number of hydrogen-bond donors (Lipinski definition) is 2. The van der Waals surface area contributed by atoms with Crippen molar-refractivity contribution in [2.24, 2.45) is 5.92 Å². The molecule has 2 aromatic rings. The van der Waals surface area contributed by atoms with Gasteiger partial charge in [-0.05, 0) is 37.5 Å². The van der Waals surface area contributed by atoms with Gasteiger partial charge in [-0.25, -0.2) is 0 Å². The van der Waals surface area contributed by atoms with Crippen LogP contribution in [0.2, 0.25) is 0 Å². The molecule has 29 heavy (non-hydrogen) atoms. The lowest BCUT2D eigenvalue weighted by Gasteiger charge is -2.24. The number of anilines is 1. The van der Waals surface area contributed by atoms with E-state index in [0.29, 0.717) is 18.7 Å². The summed E-state index contributed by atoms with van der Waals surface area (Å²) in [5.74, 6) is -0.0609. The van der Waals surface area contributed by atoms with Crippen LogP contribution in [0.15, 0.2) is 54.6 Å². The lowest BCUT2D eigenvalue weighted by atomic mass is 9.96. The lowest BCUT2D eigenvalue weighted by molar-refractivity contribution is -0.127. The molecule has 1 aliphatic heterocycles. The maximum atomic E-state index is 12.6. The van der Waals surface area contributed by atoms with Gasteiger partial charge >= 0.3 is 0 Å². The quantitative estimate of drug-likeness (QED) is 0.719. The second kappa shape index (κ2) is 9.09. The van der Waals surface area contributed by atoms with Crippen molar-refractivity contribution in [1.82, 2.24) is 5.32 Å². The topological polar surface area (TPSA) is 78.9 Å². The van der Waals surface area contributed by atoms with Gasteiger partial charge in [-0.3, -0.25) is 9.59 Å². The molecular weight excluding hydrogens is 368 g/mol. The second-order valence-corrected chi connectivity index (χ2v) is 7.81. The first-order valence-electron chi connectivity index (χ1n) is 9.86. The number of rotatable bonds is 8. The van der Waals surface area contributed by atoms with Crippen LogP contribution in [0.4, 0.5) is 5.69 Å². The molecule has 0 radical (unpaired) electrons. The smallest absolute Gasteiger partial charge is 0.227 e. The van der Waals surface area contributed by atoms with Crippen molar-refractivity contribution in [2.75, 3.05) is 25.1 Å². The number of aryl methyl sites for hydroxylation is 1. The molecule has 0 saturated carbocycles. The highest BCUT2D eigenvalue weighted by atomic mass is 16.5. The monoisotopic (exact) mass is 396 g/mol. The highest BCUT2D eigenvalue weighted by molar-refractivity contribution is 6.00. The van der Waals surface area contributed by atoms with Crippen LogP contribution in [0.1, 0.15) is 25.3 Å². The maximum Gasteiger partial charge on any atom is 0.227 e. The minimum absolute atomic E-state index is 0.0887. The molecule has 0 spiro atoms. The summed E-state index contributed by atoms with van der Waals surface area (Å²) in [5.41, 5.74) is 0.856. The molecule has 0 bridgehead atoms. The van der Waals surface area contributed by atoms with Crippen LogP contribution in [0.3, 0.4) is 0 Å². The largest absolute Gasteiger partial charge is 0.497 e.